The second-order valence-corrected chi connectivity index (χ2v) is 6.07. The molecule has 3 aromatic rings. The molecule has 3 rings (SSSR count). The van der Waals surface area contributed by atoms with Gasteiger partial charge in [0.2, 0.25) is 0 Å². The van der Waals surface area contributed by atoms with Crippen molar-refractivity contribution in [2.75, 3.05) is 0 Å². The van der Waals surface area contributed by atoms with E-state index < -0.39 is 6.15 Å². The van der Waals surface area contributed by atoms with Crippen molar-refractivity contribution in [1.29, 1.82) is 0 Å². The summed E-state index contributed by atoms with van der Waals surface area (Å²) < 4.78 is 0. The number of rotatable bonds is 5. The number of hydrogen-bond donors (Lipinski definition) is 0. The predicted molar refractivity (Wildman–Crippen MR) is 99.1 cm³/mol. The Morgan fingerprint density at radius 3 is 1.13 bits per heavy atom. The van der Waals surface area contributed by atoms with Gasteiger partial charge in [-0.05, 0) is 0 Å². The van der Waals surface area contributed by atoms with Crippen LogP contribution in [0.5, 0.6) is 0 Å². The molecule has 0 spiro atoms. The maximum atomic E-state index is 2.29. The maximum Gasteiger partial charge on any atom is 1.00 e. The van der Waals surface area contributed by atoms with Gasteiger partial charge in [0.1, 0.15) is 0 Å². The van der Waals surface area contributed by atoms with Crippen molar-refractivity contribution in [1.82, 2.24) is 0 Å². The molecule has 2 heteroatoms. The quantitative estimate of drug-likeness (QED) is 0.605. The van der Waals surface area contributed by atoms with Gasteiger partial charge < -0.3 is 0 Å². The summed E-state index contributed by atoms with van der Waals surface area (Å²) in [5.74, 6) is 0. The van der Waals surface area contributed by atoms with Crippen molar-refractivity contribution >= 4 is 22.5 Å². The van der Waals surface area contributed by atoms with Crippen LogP contribution >= 0.6 is 0 Å². The molecule has 23 heavy (non-hydrogen) atoms. The van der Waals surface area contributed by atoms with Crippen molar-refractivity contribution in [2.45, 2.75) is 19.7 Å². The van der Waals surface area contributed by atoms with Crippen molar-refractivity contribution < 1.29 is 29.6 Å². The van der Waals surface area contributed by atoms with Gasteiger partial charge in [0.05, 0.1) is 6.15 Å². The minimum Gasteiger partial charge on any atom is -0.200 e. The molecule has 0 radical (unpaired) electrons. The van der Waals surface area contributed by atoms with Gasteiger partial charge in [0.25, 0.3) is 0 Å². The van der Waals surface area contributed by atoms with Crippen LogP contribution in [0.2, 0.25) is 6.32 Å². The van der Waals surface area contributed by atoms with E-state index in [2.05, 4.69) is 97.9 Å². The maximum absolute atomic E-state index is 2.29. The van der Waals surface area contributed by atoms with Gasteiger partial charge in [0.15, 0.2) is 0 Å². The largest absolute Gasteiger partial charge is 1.00 e. The van der Waals surface area contributed by atoms with Gasteiger partial charge in [0, 0.05) is 0 Å². The summed E-state index contributed by atoms with van der Waals surface area (Å²) in [4.78, 5) is 0. The van der Waals surface area contributed by atoms with Gasteiger partial charge >= 0.3 is 29.6 Å². The summed E-state index contributed by atoms with van der Waals surface area (Å²) in [6.07, 6.45) is 1.43. The van der Waals surface area contributed by atoms with Gasteiger partial charge in [-0.1, -0.05) is 104 Å². The molecular formula is C21H22BNa. The van der Waals surface area contributed by atoms with Crippen molar-refractivity contribution in [3.63, 3.8) is 0 Å². The minimum absolute atomic E-state index is 0. The molecule has 0 fully saturated rings. The summed E-state index contributed by atoms with van der Waals surface area (Å²) in [6.45, 7) is 2.28. The van der Waals surface area contributed by atoms with E-state index in [1.165, 1.54) is 22.8 Å². The zero-order chi connectivity index (χ0) is 15.3. The van der Waals surface area contributed by atoms with Crippen LogP contribution in [0.15, 0.2) is 91.0 Å². The fraction of sp³-hybridized carbons (Fsp3) is 0.143. The van der Waals surface area contributed by atoms with Crippen LogP contribution in [-0.2, 0) is 0 Å². The van der Waals surface area contributed by atoms with Crippen molar-refractivity contribution in [3.8, 4) is 0 Å². The summed E-state index contributed by atoms with van der Waals surface area (Å²) in [7, 11) is 0. The molecule has 0 aliphatic rings. The van der Waals surface area contributed by atoms with Crippen LogP contribution in [0, 0.1) is 0 Å². The smallest absolute Gasteiger partial charge is 0.200 e. The molecule has 0 atom stereocenters. The fourth-order valence-electron chi connectivity index (χ4n) is 3.86. The minimum atomic E-state index is -0.905. The average molecular weight is 308 g/mol. The van der Waals surface area contributed by atoms with Gasteiger partial charge in [-0.3, -0.25) is 0 Å². The zero-order valence-electron chi connectivity index (χ0n) is 14.2. The summed E-state index contributed by atoms with van der Waals surface area (Å²) in [5, 5.41) is 0. The van der Waals surface area contributed by atoms with Crippen molar-refractivity contribution in [2.24, 2.45) is 0 Å². The average Bonchev–Trinajstić information content (AvgIpc) is 2.62. The van der Waals surface area contributed by atoms with Gasteiger partial charge in [-0.25, -0.2) is 0 Å². The zero-order valence-corrected chi connectivity index (χ0v) is 16.2. The van der Waals surface area contributed by atoms with Crippen LogP contribution < -0.4 is 45.9 Å². The normalized spacial score (nSPS) is 10.8. The van der Waals surface area contributed by atoms with Gasteiger partial charge in [-0.2, -0.15) is 22.7 Å². The standard InChI is InChI=1S/C21H22B.Na/c1-2-18-22(19-12-6-3-7-13-19,20-14-8-4-9-15-20)21-16-10-5-11-17-21;/h3-17H,2,18H2,1H3;/q-1;+1. The van der Waals surface area contributed by atoms with Crippen LogP contribution in [0.1, 0.15) is 13.3 Å². The second kappa shape index (κ2) is 8.54. The Balaban J connectivity index is 0.00000192. The Hall–Kier alpha value is -1.28. The van der Waals surface area contributed by atoms with Crippen LogP contribution in [-0.4, -0.2) is 6.15 Å². The molecule has 3 aromatic carbocycles. The third kappa shape index (κ3) is 3.63. The first-order chi connectivity index (χ1) is 10.9. The van der Waals surface area contributed by atoms with E-state index in [-0.39, 0.29) is 29.6 Å². The molecule has 0 aromatic heterocycles. The molecule has 0 N–H and O–H groups in total. The SMILES string of the molecule is CCC[B-](c1ccccc1)(c1ccccc1)c1ccccc1.[Na+]. The van der Waals surface area contributed by atoms with E-state index >= 15 is 0 Å². The Bertz CT molecular complexity index is 599. The first-order valence-electron chi connectivity index (χ1n) is 8.21. The topological polar surface area (TPSA) is 0 Å². The van der Waals surface area contributed by atoms with E-state index in [4.69, 9.17) is 0 Å². The van der Waals surface area contributed by atoms with E-state index in [0.717, 1.165) is 6.32 Å². The Kier molecular flexibility index (Phi) is 6.71. The van der Waals surface area contributed by atoms with Crippen LogP contribution in [0.25, 0.3) is 0 Å². The molecule has 0 aliphatic heterocycles. The molecule has 110 valence electrons. The van der Waals surface area contributed by atoms with E-state index in [1.807, 2.05) is 0 Å². The Morgan fingerprint density at radius 2 is 0.870 bits per heavy atom. The van der Waals surface area contributed by atoms with E-state index in [9.17, 15) is 0 Å². The molecule has 0 aliphatic carbocycles. The number of benzene rings is 3. The molecule has 0 unspecified atom stereocenters. The Morgan fingerprint density at radius 1 is 0.565 bits per heavy atom. The van der Waals surface area contributed by atoms with Crippen molar-refractivity contribution in [3.05, 3.63) is 91.0 Å². The summed E-state index contributed by atoms with van der Waals surface area (Å²) in [6, 6.07) is 33.0. The molecular weight excluding hydrogens is 286 g/mol. The monoisotopic (exact) mass is 308 g/mol. The third-order valence-corrected chi connectivity index (χ3v) is 4.83. The number of hydrogen-bond acceptors (Lipinski definition) is 0. The Labute approximate surface area is 162 Å². The molecule has 0 amide bonds. The van der Waals surface area contributed by atoms with Gasteiger partial charge in [-0.15, -0.1) is 0 Å². The van der Waals surface area contributed by atoms with E-state index in [0.29, 0.717) is 0 Å². The van der Waals surface area contributed by atoms with Crippen LogP contribution in [0.4, 0.5) is 0 Å². The predicted octanol–water partition coefficient (Wildman–Crippen LogP) is 0.571. The van der Waals surface area contributed by atoms with Crippen LogP contribution in [0.3, 0.4) is 0 Å². The second-order valence-electron chi connectivity index (χ2n) is 6.07. The molecule has 0 bridgehead atoms. The molecule has 0 heterocycles. The summed E-state index contributed by atoms with van der Waals surface area (Å²) >= 11 is 0. The summed E-state index contributed by atoms with van der Waals surface area (Å²) in [5.41, 5.74) is 4.30. The third-order valence-electron chi connectivity index (χ3n) is 4.83. The molecule has 0 saturated carbocycles. The fourth-order valence-corrected chi connectivity index (χ4v) is 3.86. The molecule has 0 saturated heterocycles. The first kappa shape index (κ1) is 18.1. The molecule has 0 nitrogen and oxygen atoms in total. The van der Waals surface area contributed by atoms with E-state index in [1.54, 1.807) is 0 Å². The first-order valence-corrected chi connectivity index (χ1v) is 8.21.